The van der Waals surface area contributed by atoms with Gasteiger partial charge in [0.25, 0.3) is 5.91 Å². The molecular weight excluding hydrogens is 394 g/mol. The van der Waals surface area contributed by atoms with Crippen molar-refractivity contribution in [3.05, 3.63) is 77.1 Å². The highest BCUT2D eigenvalue weighted by atomic mass is 32.1. The van der Waals surface area contributed by atoms with E-state index in [1.807, 2.05) is 30.7 Å². The lowest BCUT2D eigenvalue weighted by Gasteiger charge is -2.20. The number of aryl methyl sites for hydroxylation is 2. The smallest absolute Gasteiger partial charge is 0.260 e. The summed E-state index contributed by atoms with van der Waals surface area (Å²) in [5.41, 5.74) is 2.42. The molecule has 0 bridgehead atoms. The van der Waals surface area contributed by atoms with Gasteiger partial charge in [-0.3, -0.25) is 14.4 Å². The van der Waals surface area contributed by atoms with Crippen LogP contribution in [0.5, 0.6) is 0 Å². The molecule has 2 aromatic carbocycles. The Morgan fingerprint density at radius 1 is 1.14 bits per heavy atom. The van der Waals surface area contributed by atoms with Crippen LogP contribution in [0.4, 0.5) is 13.9 Å². The van der Waals surface area contributed by atoms with Crippen LogP contribution in [0, 0.1) is 25.5 Å². The molecule has 0 atom stereocenters. The SMILES string of the molecule is Cc1cc(C)n(CCN(C(=O)c2ccccc2)c2nc3c(F)cc(F)cc3s2)n1. The Labute approximate surface area is 170 Å². The predicted octanol–water partition coefficient (Wildman–Crippen LogP) is 4.73. The molecular formula is C21H18F2N4OS. The second-order valence-corrected chi connectivity index (χ2v) is 7.71. The highest BCUT2D eigenvalue weighted by Gasteiger charge is 2.23. The second kappa shape index (κ2) is 7.71. The first-order valence-electron chi connectivity index (χ1n) is 9.06. The number of fused-ring (bicyclic) bond motifs is 1. The Bertz CT molecular complexity index is 1190. The van der Waals surface area contributed by atoms with Gasteiger partial charge in [0, 0.05) is 23.9 Å². The van der Waals surface area contributed by atoms with Gasteiger partial charge < -0.3 is 0 Å². The predicted molar refractivity (Wildman–Crippen MR) is 109 cm³/mol. The van der Waals surface area contributed by atoms with Gasteiger partial charge in [0.2, 0.25) is 0 Å². The topological polar surface area (TPSA) is 51.0 Å². The molecule has 0 N–H and O–H groups in total. The fraction of sp³-hybridized carbons (Fsp3) is 0.190. The Hall–Kier alpha value is -3.13. The molecule has 0 aliphatic carbocycles. The maximum absolute atomic E-state index is 14.1. The van der Waals surface area contributed by atoms with Crippen LogP contribution in [-0.2, 0) is 6.54 Å². The summed E-state index contributed by atoms with van der Waals surface area (Å²) in [6.07, 6.45) is 0. The van der Waals surface area contributed by atoms with Crippen molar-refractivity contribution in [2.75, 3.05) is 11.4 Å². The fourth-order valence-electron chi connectivity index (χ4n) is 3.18. The number of rotatable bonds is 5. The Balaban J connectivity index is 1.72. The molecule has 0 spiro atoms. The van der Waals surface area contributed by atoms with E-state index in [1.54, 1.807) is 24.3 Å². The van der Waals surface area contributed by atoms with Crippen molar-refractivity contribution in [2.45, 2.75) is 20.4 Å². The van der Waals surface area contributed by atoms with E-state index in [1.165, 1.54) is 11.0 Å². The number of carbonyl (C=O) groups excluding carboxylic acids is 1. The summed E-state index contributed by atoms with van der Waals surface area (Å²) in [5.74, 6) is -1.67. The Morgan fingerprint density at radius 3 is 2.59 bits per heavy atom. The first-order chi connectivity index (χ1) is 13.9. The van der Waals surface area contributed by atoms with E-state index in [0.29, 0.717) is 28.5 Å². The number of thiazole rings is 1. The minimum atomic E-state index is -0.742. The molecule has 4 aromatic rings. The van der Waals surface area contributed by atoms with Gasteiger partial charge in [-0.15, -0.1) is 0 Å². The van der Waals surface area contributed by atoms with E-state index in [9.17, 15) is 13.6 Å². The summed E-state index contributed by atoms with van der Waals surface area (Å²) >= 11 is 1.09. The van der Waals surface area contributed by atoms with E-state index < -0.39 is 11.6 Å². The van der Waals surface area contributed by atoms with E-state index in [-0.39, 0.29) is 11.4 Å². The van der Waals surface area contributed by atoms with Crippen molar-refractivity contribution in [2.24, 2.45) is 0 Å². The number of hydrogen-bond acceptors (Lipinski definition) is 4. The molecule has 0 unspecified atom stereocenters. The summed E-state index contributed by atoms with van der Waals surface area (Å²) < 4.78 is 29.9. The van der Waals surface area contributed by atoms with Crippen LogP contribution >= 0.6 is 11.3 Å². The molecule has 29 heavy (non-hydrogen) atoms. The van der Waals surface area contributed by atoms with Crippen LogP contribution in [0.2, 0.25) is 0 Å². The summed E-state index contributed by atoms with van der Waals surface area (Å²) in [6.45, 7) is 4.59. The van der Waals surface area contributed by atoms with E-state index in [2.05, 4.69) is 10.1 Å². The molecule has 8 heteroatoms. The summed E-state index contributed by atoms with van der Waals surface area (Å²) in [6, 6.07) is 12.8. The molecule has 2 aromatic heterocycles. The van der Waals surface area contributed by atoms with Crippen LogP contribution in [0.3, 0.4) is 0 Å². The molecule has 0 saturated heterocycles. The van der Waals surface area contributed by atoms with Crippen molar-refractivity contribution in [1.29, 1.82) is 0 Å². The molecule has 0 radical (unpaired) electrons. The van der Waals surface area contributed by atoms with Gasteiger partial charge in [-0.05, 0) is 38.1 Å². The molecule has 2 heterocycles. The molecule has 0 aliphatic rings. The average molecular weight is 412 g/mol. The minimum absolute atomic E-state index is 0.0587. The zero-order chi connectivity index (χ0) is 20.5. The summed E-state index contributed by atoms with van der Waals surface area (Å²) in [7, 11) is 0. The van der Waals surface area contributed by atoms with Crippen molar-refractivity contribution in [1.82, 2.24) is 14.8 Å². The van der Waals surface area contributed by atoms with Gasteiger partial charge in [0.05, 0.1) is 16.9 Å². The first kappa shape index (κ1) is 19.2. The lowest BCUT2D eigenvalue weighted by atomic mass is 10.2. The molecule has 1 amide bonds. The Kier molecular flexibility index (Phi) is 5.10. The van der Waals surface area contributed by atoms with Gasteiger partial charge in [0.15, 0.2) is 10.9 Å². The number of amides is 1. The molecule has 5 nitrogen and oxygen atoms in total. The minimum Gasteiger partial charge on any atom is -0.282 e. The molecule has 0 saturated carbocycles. The third kappa shape index (κ3) is 3.88. The van der Waals surface area contributed by atoms with Crippen LogP contribution in [0.15, 0.2) is 48.5 Å². The molecule has 4 rings (SSSR count). The van der Waals surface area contributed by atoms with Crippen LogP contribution in [0.1, 0.15) is 21.7 Å². The molecule has 148 valence electrons. The van der Waals surface area contributed by atoms with Crippen LogP contribution in [0.25, 0.3) is 10.2 Å². The number of hydrogen-bond donors (Lipinski definition) is 0. The van der Waals surface area contributed by atoms with Crippen LogP contribution < -0.4 is 4.90 Å². The quantitative estimate of drug-likeness (QED) is 0.476. The van der Waals surface area contributed by atoms with E-state index in [0.717, 1.165) is 28.8 Å². The number of carbonyl (C=O) groups is 1. The molecule has 0 fully saturated rings. The fourth-order valence-corrected chi connectivity index (χ4v) is 4.21. The largest absolute Gasteiger partial charge is 0.282 e. The monoisotopic (exact) mass is 412 g/mol. The van der Waals surface area contributed by atoms with Crippen molar-refractivity contribution in [3.8, 4) is 0 Å². The third-order valence-electron chi connectivity index (χ3n) is 4.54. The normalized spacial score (nSPS) is 11.2. The van der Waals surface area contributed by atoms with Gasteiger partial charge >= 0.3 is 0 Å². The number of benzene rings is 2. The van der Waals surface area contributed by atoms with Gasteiger partial charge in [-0.1, -0.05) is 29.5 Å². The van der Waals surface area contributed by atoms with Gasteiger partial charge in [-0.25, -0.2) is 13.8 Å². The van der Waals surface area contributed by atoms with Crippen LogP contribution in [-0.4, -0.2) is 27.2 Å². The average Bonchev–Trinajstić information content (AvgIpc) is 3.25. The maximum Gasteiger partial charge on any atom is 0.260 e. The van der Waals surface area contributed by atoms with Crippen molar-refractivity contribution in [3.63, 3.8) is 0 Å². The number of halogens is 2. The van der Waals surface area contributed by atoms with Gasteiger partial charge in [0.1, 0.15) is 11.3 Å². The third-order valence-corrected chi connectivity index (χ3v) is 5.56. The maximum atomic E-state index is 14.1. The zero-order valence-electron chi connectivity index (χ0n) is 15.9. The summed E-state index contributed by atoms with van der Waals surface area (Å²) in [5, 5.41) is 4.75. The van der Waals surface area contributed by atoms with Crippen molar-refractivity contribution < 1.29 is 13.6 Å². The standard InChI is InChI=1S/C21H18F2N4OS/c1-13-10-14(2)27(25-13)9-8-26(20(28)15-6-4-3-5-7-15)21-24-19-17(23)11-16(22)12-18(19)29-21/h3-7,10-12H,8-9H2,1-2H3. The summed E-state index contributed by atoms with van der Waals surface area (Å²) in [4.78, 5) is 19.0. The lowest BCUT2D eigenvalue weighted by Crippen LogP contribution is -2.34. The number of anilines is 1. The first-order valence-corrected chi connectivity index (χ1v) is 9.87. The second-order valence-electron chi connectivity index (χ2n) is 6.70. The van der Waals surface area contributed by atoms with E-state index >= 15 is 0 Å². The zero-order valence-corrected chi connectivity index (χ0v) is 16.7. The van der Waals surface area contributed by atoms with Crippen molar-refractivity contribution >= 4 is 32.6 Å². The highest BCUT2D eigenvalue weighted by molar-refractivity contribution is 7.22. The Morgan fingerprint density at radius 2 is 1.90 bits per heavy atom. The van der Waals surface area contributed by atoms with Gasteiger partial charge in [-0.2, -0.15) is 5.10 Å². The van der Waals surface area contributed by atoms with E-state index in [4.69, 9.17) is 0 Å². The number of aromatic nitrogens is 3. The molecule has 0 aliphatic heterocycles. The highest BCUT2D eigenvalue weighted by Crippen LogP contribution is 2.32. The number of nitrogens with zero attached hydrogens (tertiary/aromatic N) is 4. The lowest BCUT2D eigenvalue weighted by molar-refractivity contribution is 0.0985.